The summed E-state index contributed by atoms with van der Waals surface area (Å²) in [5.41, 5.74) is 6.11. The topological polar surface area (TPSA) is 79.5 Å². The van der Waals surface area contributed by atoms with E-state index < -0.39 is 10.0 Å². The monoisotopic (exact) mass is 468 g/mol. The van der Waals surface area contributed by atoms with Crippen LogP contribution in [-0.2, 0) is 23.0 Å². The number of benzene rings is 2. The van der Waals surface area contributed by atoms with Gasteiger partial charge in [0.2, 0.25) is 21.8 Å². The maximum absolute atomic E-state index is 13.6. The number of hydrogen-bond donors (Lipinski definition) is 0. The highest BCUT2D eigenvalue weighted by molar-refractivity contribution is 7.89. The van der Waals surface area contributed by atoms with E-state index in [0.717, 1.165) is 27.8 Å². The number of hydrogen-bond acceptors (Lipinski definition) is 6. The van der Waals surface area contributed by atoms with Crippen molar-refractivity contribution < 1.29 is 12.8 Å². The highest BCUT2D eigenvalue weighted by Crippen LogP contribution is 2.32. The van der Waals surface area contributed by atoms with Gasteiger partial charge in [-0.2, -0.15) is 4.31 Å². The predicted molar refractivity (Wildman–Crippen MR) is 128 cm³/mol. The lowest BCUT2D eigenvalue weighted by molar-refractivity contribution is 0.167. The summed E-state index contributed by atoms with van der Waals surface area (Å²) in [6.07, 6.45) is 0.605. The van der Waals surface area contributed by atoms with E-state index in [2.05, 4.69) is 22.0 Å². The summed E-state index contributed by atoms with van der Waals surface area (Å²) >= 11 is 0. The standard InChI is InChI=1S/C25H32N4O3S/c1-17-18(2)20(4)25(21(5)19(17)3)33(30,31)29-13-11-28(12-14-29)16-24-27-26-23(32-24)15-22-9-7-6-8-10-22/h6-10H,11-16H2,1-5H3. The zero-order valence-corrected chi connectivity index (χ0v) is 20.9. The molecule has 1 saturated heterocycles. The van der Waals surface area contributed by atoms with Gasteiger partial charge in [-0.15, -0.1) is 10.2 Å². The van der Waals surface area contributed by atoms with Crippen LogP contribution in [0, 0.1) is 34.6 Å². The molecule has 0 amide bonds. The Labute approximate surface area is 196 Å². The molecule has 2 aromatic carbocycles. The lowest BCUT2D eigenvalue weighted by atomic mass is 9.95. The van der Waals surface area contributed by atoms with E-state index in [1.54, 1.807) is 4.31 Å². The average Bonchev–Trinajstić information content (AvgIpc) is 3.24. The molecule has 7 nitrogen and oxygen atoms in total. The van der Waals surface area contributed by atoms with Crippen LogP contribution in [0.5, 0.6) is 0 Å². The summed E-state index contributed by atoms with van der Waals surface area (Å²) in [6.45, 7) is 12.6. The van der Waals surface area contributed by atoms with Crippen LogP contribution in [0.4, 0.5) is 0 Å². The quantitative estimate of drug-likeness (QED) is 0.549. The summed E-state index contributed by atoms with van der Waals surface area (Å²) in [5, 5.41) is 8.35. The van der Waals surface area contributed by atoms with Crippen LogP contribution in [0.1, 0.15) is 45.2 Å². The average molecular weight is 469 g/mol. The Hall–Kier alpha value is -2.55. The van der Waals surface area contributed by atoms with Gasteiger partial charge in [0.05, 0.1) is 17.9 Å². The molecular weight excluding hydrogens is 436 g/mol. The van der Waals surface area contributed by atoms with Crippen LogP contribution in [-0.4, -0.2) is 54.0 Å². The molecule has 0 spiro atoms. The first-order chi connectivity index (χ1) is 15.7. The smallest absolute Gasteiger partial charge is 0.243 e. The van der Waals surface area contributed by atoms with Gasteiger partial charge in [0.15, 0.2) is 0 Å². The van der Waals surface area contributed by atoms with Crippen molar-refractivity contribution in [3.63, 3.8) is 0 Å². The summed E-state index contributed by atoms with van der Waals surface area (Å²) in [7, 11) is -3.56. The number of aromatic nitrogens is 2. The van der Waals surface area contributed by atoms with Crippen LogP contribution in [0.3, 0.4) is 0 Å². The number of rotatable bonds is 6. The number of sulfonamides is 1. The Balaban J connectivity index is 1.41. The minimum absolute atomic E-state index is 0.443. The van der Waals surface area contributed by atoms with E-state index in [0.29, 0.717) is 55.8 Å². The van der Waals surface area contributed by atoms with Crippen molar-refractivity contribution in [2.45, 2.75) is 52.5 Å². The molecule has 33 heavy (non-hydrogen) atoms. The molecule has 3 aromatic rings. The first-order valence-corrected chi connectivity index (χ1v) is 12.8. The van der Waals surface area contributed by atoms with E-state index >= 15 is 0 Å². The molecule has 0 unspecified atom stereocenters. The third kappa shape index (κ3) is 4.74. The van der Waals surface area contributed by atoms with Crippen molar-refractivity contribution in [2.75, 3.05) is 26.2 Å². The molecule has 8 heteroatoms. The second-order valence-corrected chi connectivity index (χ2v) is 10.8. The van der Waals surface area contributed by atoms with E-state index in [9.17, 15) is 8.42 Å². The first kappa shape index (κ1) is 23.6. The van der Waals surface area contributed by atoms with E-state index in [1.807, 2.05) is 58.0 Å². The third-order valence-corrected chi connectivity index (χ3v) is 9.10. The van der Waals surface area contributed by atoms with Crippen LogP contribution in [0.15, 0.2) is 39.6 Å². The van der Waals surface area contributed by atoms with E-state index in [4.69, 9.17) is 4.42 Å². The molecule has 0 radical (unpaired) electrons. The minimum atomic E-state index is -3.56. The maximum Gasteiger partial charge on any atom is 0.243 e. The highest BCUT2D eigenvalue weighted by Gasteiger charge is 2.32. The lowest BCUT2D eigenvalue weighted by Crippen LogP contribution is -2.48. The Morgan fingerprint density at radius 3 is 1.94 bits per heavy atom. The first-order valence-electron chi connectivity index (χ1n) is 11.3. The molecule has 0 saturated carbocycles. The van der Waals surface area contributed by atoms with Crippen molar-refractivity contribution >= 4 is 10.0 Å². The second kappa shape index (κ2) is 9.37. The van der Waals surface area contributed by atoms with Gasteiger partial charge in [-0.05, 0) is 68.0 Å². The highest BCUT2D eigenvalue weighted by atomic mass is 32.2. The zero-order valence-electron chi connectivity index (χ0n) is 20.1. The Morgan fingerprint density at radius 2 is 1.33 bits per heavy atom. The largest absolute Gasteiger partial charge is 0.424 e. The lowest BCUT2D eigenvalue weighted by Gasteiger charge is -2.34. The SMILES string of the molecule is Cc1c(C)c(C)c(S(=O)(=O)N2CCN(Cc3nnc(Cc4ccccc4)o3)CC2)c(C)c1C. The van der Waals surface area contributed by atoms with Crippen LogP contribution in [0.2, 0.25) is 0 Å². The third-order valence-electron chi connectivity index (χ3n) is 6.93. The van der Waals surface area contributed by atoms with Gasteiger partial charge in [0.25, 0.3) is 0 Å². The Morgan fingerprint density at radius 1 is 0.788 bits per heavy atom. The fourth-order valence-electron chi connectivity index (χ4n) is 4.50. The van der Waals surface area contributed by atoms with Crippen molar-refractivity contribution in [2.24, 2.45) is 0 Å². The van der Waals surface area contributed by atoms with Crippen molar-refractivity contribution in [3.05, 3.63) is 75.5 Å². The Kier molecular flexibility index (Phi) is 6.70. The number of nitrogens with zero attached hydrogens (tertiary/aromatic N) is 4. The molecule has 1 fully saturated rings. The Bertz CT molecular complexity index is 1220. The normalized spacial score (nSPS) is 15.8. The fraction of sp³-hybridized carbons (Fsp3) is 0.440. The van der Waals surface area contributed by atoms with Gasteiger partial charge >= 0.3 is 0 Å². The molecule has 2 heterocycles. The van der Waals surface area contributed by atoms with Gasteiger partial charge in [-0.3, -0.25) is 4.90 Å². The predicted octanol–water partition coefficient (Wildman–Crippen LogP) is 3.71. The number of piperazine rings is 1. The van der Waals surface area contributed by atoms with Gasteiger partial charge in [-0.25, -0.2) is 8.42 Å². The van der Waals surface area contributed by atoms with Crippen molar-refractivity contribution in [3.8, 4) is 0 Å². The molecule has 0 N–H and O–H groups in total. The molecule has 0 atom stereocenters. The summed E-state index contributed by atoms with van der Waals surface area (Å²) in [6, 6.07) is 10.0. The van der Waals surface area contributed by atoms with E-state index in [1.165, 1.54) is 5.56 Å². The molecule has 176 valence electrons. The molecule has 1 aromatic heterocycles. The van der Waals surface area contributed by atoms with Crippen LogP contribution < -0.4 is 0 Å². The van der Waals surface area contributed by atoms with Crippen molar-refractivity contribution in [1.82, 2.24) is 19.4 Å². The fourth-order valence-corrected chi connectivity index (χ4v) is 6.48. The second-order valence-electron chi connectivity index (χ2n) is 8.89. The van der Waals surface area contributed by atoms with E-state index in [-0.39, 0.29) is 0 Å². The minimum Gasteiger partial charge on any atom is -0.424 e. The van der Waals surface area contributed by atoms with Crippen LogP contribution in [0.25, 0.3) is 0 Å². The van der Waals surface area contributed by atoms with Crippen LogP contribution >= 0.6 is 0 Å². The molecule has 0 bridgehead atoms. The van der Waals surface area contributed by atoms with Gasteiger partial charge in [-0.1, -0.05) is 30.3 Å². The molecule has 0 aliphatic carbocycles. The van der Waals surface area contributed by atoms with Crippen molar-refractivity contribution in [1.29, 1.82) is 0 Å². The van der Waals surface area contributed by atoms with Gasteiger partial charge in [0, 0.05) is 26.2 Å². The maximum atomic E-state index is 13.6. The summed E-state index contributed by atoms with van der Waals surface area (Å²) in [4.78, 5) is 2.64. The molecule has 4 rings (SSSR count). The molecule has 1 aliphatic heterocycles. The van der Waals surface area contributed by atoms with Gasteiger partial charge < -0.3 is 4.42 Å². The molecular formula is C25H32N4O3S. The zero-order chi connectivity index (χ0) is 23.8. The summed E-state index contributed by atoms with van der Waals surface area (Å²) in [5.74, 6) is 1.15. The molecule has 1 aliphatic rings. The van der Waals surface area contributed by atoms with Gasteiger partial charge in [0.1, 0.15) is 0 Å². The summed E-state index contributed by atoms with van der Waals surface area (Å²) < 4.78 is 34.5.